The third-order valence-corrected chi connectivity index (χ3v) is 5.70. The maximum atomic E-state index is 13.3. The fraction of sp³-hybridized carbons (Fsp3) is 0.286. The Morgan fingerprint density at radius 2 is 1.87 bits per heavy atom. The van der Waals surface area contributed by atoms with E-state index < -0.39 is 0 Å². The quantitative estimate of drug-likeness (QED) is 0.626. The first-order chi connectivity index (χ1) is 14.5. The summed E-state index contributed by atoms with van der Waals surface area (Å²) in [6, 6.07) is 10.9. The Morgan fingerprint density at radius 1 is 1.10 bits per heavy atom. The lowest BCUT2D eigenvalue weighted by atomic mass is 10.1. The van der Waals surface area contributed by atoms with Crippen molar-refractivity contribution in [1.82, 2.24) is 19.8 Å². The topological polar surface area (TPSA) is 70.5 Å². The molecule has 0 saturated carbocycles. The fourth-order valence-corrected chi connectivity index (χ4v) is 4.01. The van der Waals surface area contributed by atoms with E-state index in [2.05, 4.69) is 15.2 Å². The van der Waals surface area contributed by atoms with Crippen LogP contribution in [0.25, 0.3) is 10.9 Å². The third-order valence-electron chi connectivity index (χ3n) is 5.26. The first kappa shape index (κ1) is 20.5. The molecular formula is C21H21Cl2N5O2. The standard InChI is InChI=1S/C21H21Cl2N5O2/c1-24-20(29)13-28-12-16(15-6-5-14(22)11-17(15)28)21(30)27-9-7-26(8-10-27)19-4-2-3-18(23)25-19/h2-6,11-12H,7-10,13H2,1H3,(H,24,29). The zero-order valence-electron chi connectivity index (χ0n) is 16.4. The predicted molar refractivity (Wildman–Crippen MR) is 118 cm³/mol. The molecule has 2 amide bonds. The lowest BCUT2D eigenvalue weighted by Gasteiger charge is -2.35. The van der Waals surface area contributed by atoms with E-state index in [0.29, 0.717) is 41.9 Å². The Hall–Kier alpha value is -2.77. The highest BCUT2D eigenvalue weighted by molar-refractivity contribution is 6.31. The molecule has 1 aromatic carbocycles. The Labute approximate surface area is 184 Å². The van der Waals surface area contributed by atoms with Crippen molar-refractivity contribution in [3.63, 3.8) is 0 Å². The zero-order valence-corrected chi connectivity index (χ0v) is 18.0. The summed E-state index contributed by atoms with van der Waals surface area (Å²) in [5, 5.41) is 4.40. The van der Waals surface area contributed by atoms with Crippen molar-refractivity contribution in [2.45, 2.75) is 6.54 Å². The van der Waals surface area contributed by atoms with Crippen molar-refractivity contribution < 1.29 is 9.59 Å². The van der Waals surface area contributed by atoms with Crippen LogP contribution < -0.4 is 10.2 Å². The van der Waals surface area contributed by atoms with Crippen LogP contribution in [0.2, 0.25) is 10.2 Å². The molecule has 3 heterocycles. The fourth-order valence-electron chi connectivity index (χ4n) is 3.68. The first-order valence-corrected chi connectivity index (χ1v) is 10.4. The van der Waals surface area contributed by atoms with Gasteiger partial charge in [-0.3, -0.25) is 9.59 Å². The Bertz CT molecular complexity index is 1110. The minimum atomic E-state index is -0.145. The van der Waals surface area contributed by atoms with Gasteiger partial charge in [-0.1, -0.05) is 35.3 Å². The van der Waals surface area contributed by atoms with Crippen LogP contribution in [0.5, 0.6) is 0 Å². The number of hydrogen-bond donors (Lipinski definition) is 1. The number of aromatic nitrogens is 2. The predicted octanol–water partition coefficient (Wildman–Crippen LogP) is 3.05. The molecule has 156 valence electrons. The van der Waals surface area contributed by atoms with Crippen LogP contribution in [0.3, 0.4) is 0 Å². The number of pyridine rings is 1. The number of benzene rings is 1. The van der Waals surface area contributed by atoms with Gasteiger partial charge < -0.3 is 19.7 Å². The van der Waals surface area contributed by atoms with Gasteiger partial charge in [-0.05, 0) is 24.3 Å². The average molecular weight is 446 g/mol. The minimum Gasteiger partial charge on any atom is -0.358 e. The zero-order chi connectivity index (χ0) is 21.3. The van der Waals surface area contributed by atoms with Crippen molar-refractivity contribution in [3.05, 3.63) is 58.3 Å². The summed E-state index contributed by atoms with van der Waals surface area (Å²) in [5.41, 5.74) is 1.33. The van der Waals surface area contributed by atoms with Gasteiger partial charge >= 0.3 is 0 Å². The molecule has 2 aromatic heterocycles. The maximum Gasteiger partial charge on any atom is 0.256 e. The molecule has 30 heavy (non-hydrogen) atoms. The van der Waals surface area contributed by atoms with Crippen molar-refractivity contribution in [2.24, 2.45) is 0 Å². The second-order valence-corrected chi connectivity index (χ2v) is 7.93. The van der Waals surface area contributed by atoms with Crippen LogP contribution in [-0.4, -0.2) is 59.5 Å². The van der Waals surface area contributed by atoms with Gasteiger partial charge in [0.05, 0.1) is 11.1 Å². The molecule has 0 bridgehead atoms. The van der Waals surface area contributed by atoms with E-state index in [0.717, 1.165) is 16.7 Å². The Morgan fingerprint density at radius 3 is 2.57 bits per heavy atom. The van der Waals surface area contributed by atoms with E-state index in [1.807, 2.05) is 23.1 Å². The maximum absolute atomic E-state index is 13.3. The molecular weight excluding hydrogens is 425 g/mol. The van der Waals surface area contributed by atoms with Crippen molar-refractivity contribution in [2.75, 3.05) is 38.1 Å². The number of likely N-dealkylation sites (N-methyl/N-ethyl adjacent to an activating group) is 1. The van der Waals surface area contributed by atoms with E-state index in [4.69, 9.17) is 23.2 Å². The van der Waals surface area contributed by atoms with Crippen molar-refractivity contribution in [3.8, 4) is 0 Å². The molecule has 0 atom stereocenters. The summed E-state index contributed by atoms with van der Waals surface area (Å²) in [7, 11) is 1.58. The largest absolute Gasteiger partial charge is 0.358 e. The van der Waals surface area contributed by atoms with Gasteiger partial charge in [0, 0.05) is 49.8 Å². The smallest absolute Gasteiger partial charge is 0.256 e. The average Bonchev–Trinajstić information content (AvgIpc) is 3.10. The molecule has 4 rings (SSSR count). The highest BCUT2D eigenvalue weighted by Gasteiger charge is 2.26. The molecule has 0 aliphatic carbocycles. The highest BCUT2D eigenvalue weighted by Crippen LogP contribution is 2.27. The second-order valence-electron chi connectivity index (χ2n) is 7.10. The molecule has 1 saturated heterocycles. The SMILES string of the molecule is CNC(=O)Cn1cc(C(=O)N2CCN(c3cccc(Cl)n3)CC2)c2ccc(Cl)cc21. The van der Waals surface area contributed by atoms with Crippen LogP contribution in [0.15, 0.2) is 42.6 Å². The van der Waals surface area contributed by atoms with E-state index in [9.17, 15) is 9.59 Å². The lowest BCUT2D eigenvalue weighted by Crippen LogP contribution is -2.49. The number of hydrogen-bond acceptors (Lipinski definition) is 4. The van der Waals surface area contributed by atoms with Gasteiger partial charge in [0.2, 0.25) is 5.91 Å². The number of carbonyl (C=O) groups is 2. The summed E-state index contributed by atoms with van der Waals surface area (Å²) >= 11 is 12.2. The third kappa shape index (κ3) is 4.08. The van der Waals surface area contributed by atoms with E-state index >= 15 is 0 Å². The van der Waals surface area contributed by atoms with Gasteiger partial charge in [-0.25, -0.2) is 4.98 Å². The summed E-state index contributed by atoms with van der Waals surface area (Å²) in [6.45, 7) is 2.60. The van der Waals surface area contributed by atoms with Gasteiger partial charge in [0.1, 0.15) is 17.5 Å². The molecule has 1 N–H and O–H groups in total. The van der Waals surface area contributed by atoms with E-state index in [1.165, 1.54) is 0 Å². The molecule has 1 aliphatic heterocycles. The number of anilines is 1. The summed E-state index contributed by atoms with van der Waals surface area (Å²) in [5.74, 6) is 0.608. The van der Waals surface area contributed by atoms with E-state index in [1.54, 1.807) is 36.0 Å². The van der Waals surface area contributed by atoms with Crippen molar-refractivity contribution in [1.29, 1.82) is 0 Å². The normalized spacial score (nSPS) is 14.2. The lowest BCUT2D eigenvalue weighted by molar-refractivity contribution is -0.121. The summed E-state index contributed by atoms with van der Waals surface area (Å²) < 4.78 is 1.76. The second kappa shape index (κ2) is 8.53. The number of piperazine rings is 1. The van der Waals surface area contributed by atoms with Gasteiger partial charge in [-0.15, -0.1) is 0 Å². The van der Waals surface area contributed by atoms with Crippen LogP contribution in [0.1, 0.15) is 10.4 Å². The van der Waals surface area contributed by atoms with Gasteiger partial charge in [0.15, 0.2) is 0 Å². The minimum absolute atomic E-state index is 0.0586. The molecule has 0 radical (unpaired) electrons. The number of carbonyl (C=O) groups excluding carboxylic acids is 2. The molecule has 7 nitrogen and oxygen atoms in total. The van der Waals surface area contributed by atoms with Crippen molar-refractivity contribution >= 4 is 51.7 Å². The molecule has 1 aliphatic rings. The molecule has 3 aromatic rings. The highest BCUT2D eigenvalue weighted by atomic mass is 35.5. The number of halogens is 2. The summed E-state index contributed by atoms with van der Waals surface area (Å²) in [4.78, 5) is 33.5. The van der Waals surface area contributed by atoms with Crippen LogP contribution in [-0.2, 0) is 11.3 Å². The molecule has 1 fully saturated rings. The number of nitrogens with zero attached hydrogens (tertiary/aromatic N) is 4. The molecule has 0 spiro atoms. The monoisotopic (exact) mass is 445 g/mol. The molecule has 0 unspecified atom stereocenters. The van der Waals surface area contributed by atoms with E-state index in [-0.39, 0.29) is 18.4 Å². The number of nitrogens with one attached hydrogen (secondary N) is 1. The van der Waals surface area contributed by atoms with Gasteiger partial charge in [0.25, 0.3) is 5.91 Å². The van der Waals surface area contributed by atoms with Crippen LogP contribution in [0.4, 0.5) is 5.82 Å². The van der Waals surface area contributed by atoms with Gasteiger partial charge in [-0.2, -0.15) is 0 Å². The Kier molecular flexibility index (Phi) is 5.83. The Balaban J connectivity index is 1.56. The molecule has 9 heteroatoms. The number of rotatable bonds is 4. The first-order valence-electron chi connectivity index (χ1n) is 9.62. The van der Waals surface area contributed by atoms with Crippen LogP contribution in [0, 0.1) is 0 Å². The van der Waals surface area contributed by atoms with Crippen LogP contribution >= 0.6 is 23.2 Å². The summed E-state index contributed by atoms with van der Waals surface area (Å²) in [6.07, 6.45) is 1.74. The number of amides is 2. The number of fused-ring (bicyclic) bond motifs is 1.